The molecule has 1 atom stereocenters. The Bertz CT molecular complexity index is 616. The molecule has 6 nitrogen and oxygen atoms in total. The lowest BCUT2D eigenvalue weighted by Crippen LogP contribution is -3.13. The van der Waals surface area contributed by atoms with Gasteiger partial charge in [-0.25, -0.2) is 4.68 Å². The Kier molecular flexibility index (Phi) is 4.79. The average Bonchev–Trinajstić information content (AvgIpc) is 3.22. The van der Waals surface area contributed by atoms with Gasteiger partial charge >= 0.3 is 0 Å². The summed E-state index contributed by atoms with van der Waals surface area (Å²) in [5.41, 5.74) is -0.108. The highest BCUT2D eigenvalue weighted by molar-refractivity contribution is 7.10. The lowest BCUT2D eigenvalue weighted by Gasteiger charge is -2.33. The van der Waals surface area contributed by atoms with Crippen LogP contribution in [0.1, 0.15) is 56.8 Å². The fraction of sp³-hybridized carbons (Fsp3) is 0.688. The van der Waals surface area contributed by atoms with E-state index in [2.05, 4.69) is 53.8 Å². The van der Waals surface area contributed by atoms with E-state index in [0.717, 1.165) is 38.2 Å². The third-order valence-electron chi connectivity index (χ3n) is 5.02. The van der Waals surface area contributed by atoms with Gasteiger partial charge in [-0.3, -0.25) is 0 Å². The summed E-state index contributed by atoms with van der Waals surface area (Å²) in [5, 5.41) is 24.6. The van der Waals surface area contributed by atoms with Gasteiger partial charge in [-0.1, -0.05) is 13.0 Å². The zero-order valence-corrected chi connectivity index (χ0v) is 14.9. The lowest BCUT2D eigenvalue weighted by atomic mass is 10.0. The molecule has 2 N–H and O–H groups in total. The molecule has 0 saturated carbocycles. The van der Waals surface area contributed by atoms with E-state index in [0.29, 0.717) is 0 Å². The highest BCUT2D eigenvalue weighted by Crippen LogP contribution is 2.27. The maximum absolute atomic E-state index is 9.84. The minimum atomic E-state index is -0.161. The van der Waals surface area contributed by atoms with Gasteiger partial charge in [0, 0.05) is 12.8 Å². The van der Waals surface area contributed by atoms with E-state index in [1.54, 1.807) is 11.3 Å². The van der Waals surface area contributed by atoms with Crippen LogP contribution >= 0.6 is 11.3 Å². The van der Waals surface area contributed by atoms with Crippen molar-refractivity contribution in [2.24, 2.45) is 0 Å². The molecule has 2 aromatic rings. The predicted molar refractivity (Wildman–Crippen MR) is 89.5 cm³/mol. The van der Waals surface area contributed by atoms with Gasteiger partial charge in [0.15, 0.2) is 6.04 Å². The molecule has 3 rings (SSSR count). The molecule has 0 aromatic carbocycles. The quantitative estimate of drug-likeness (QED) is 0.855. The van der Waals surface area contributed by atoms with Crippen molar-refractivity contribution in [2.45, 2.75) is 57.7 Å². The highest BCUT2D eigenvalue weighted by atomic mass is 32.1. The van der Waals surface area contributed by atoms with Crippen molar-refractivity contribution < 1.29 is 10.0 Å². The minimum absolute atomic E-state index is 0.108. The molecule has 7 heteroatoms. The smallest absolute Gasteiger partial charge is 0.215 e. The third kappa shape index (κ3) is 3.32. The van der Waals surface area contributed by atoms with Crippen molar-refractivity contribution in [2.75, 3.05) is 13.1 Å². The number of likely N-dealkylation sites (tertiary alicyclic amines) is 1. The van der Waals surface area contributed by atoms with Crippen LogP contribution in [0.3, 0.4) is 0 Å². The van der Waals surface area contributed by atoms with Crippen LogP contribution in [0.2, 0.25) is 0 Å². The van der Waals surface area contributed by atoms with Crippen LogP contribution in [0.5, 0.6) is 0 Å². The van der Waals surface area contributed by atoms with E-state index in [1.807, 2.05) is 4.68 Å². The Balaban J connectivity index is 1.99. The lowest BCUT2D eigenvalue weighted by molar-refractivity contribution is -0.931. The molecule has 0 aliphatic carbocycles. The molecular weight excluding hydrogens is 310 g/mol. The zero-order chi connectivity index (χ0) is 16.4. The molecule has 0 bridgehead atoms. The molecule has 0 amide bonds. The predicted octanol–water partition coefficient (Wildman–Crippen LogP) is 1.01. The Morgan fingerprint density at radius 2 is 2.17 bits per heavy atom. The number of aliphatic hydroxyl groups is 1. The Morgan fingerprint density at radius 3 is 2.78 bits per heavy atom. The molecule has 0 spiro atoms. The number of nitrogens with zero attached hydrogens (tertiary/aromatic N) is 4. The van der Waals surface area contributed by atoms with E-state index in [-0.39, 0.29) is 17.7 Å². The molecule has 1 aliphatic rings. The fourth-order valence-corrected chi connectivity index (χ4v) is 4.06. The number of nitrogens with one attached hydrogen (secondary N) is 1. The van der Waals surface area contributed by atoms with Crippen LogP contribution in [0.25, 0.3) is 0 Å². The minimum Gasteiger partial charge on any atom is -0.393 e. The van der Waals surface area contributed by atoms with Crippen LogP contribution in [0, 0.1) is 0 Å². The van der Waals surface area contributed by atoms with Gasteiger partial charge in [0.2, 0.25) is 5.82 Å². The van der Waals surface area contributed by atoms with Gasteiger partial charge in [-0.05, 0) is 42.1 Å². The van der Waals surface area contributed by atoms with E-state index in [4.69, 9.17) is 0 Å². The van der Waals surface area contributed by atoms with Gasteiger partial charge in [-0.2, -0.15) is 0 Å². The van der Waals surface area contributed by atoms with Gasteiger partial charge < -0.3 is 10.0 Å². The first-order valence-electron chi connectivity index (χ1n) is 8.37. The van der Waals surface area contributed by atoms with Crippen molar-refractivity contribution in [3.63, 3.8) is 0 Å². The number of thiophene rings is 1. The number of tetrazole rings is 1. The van der Waals surface area contributed by atoms with Gasteiger partial charge in [0.1, 0.15) is 0 Å². The topological polar surface area (TPSA) is 68.3 Å². The number of aromatic nitrogens is 4. The number of rotatable bonds is 5. The van der Waals surface area contributed by atoms with Crippen molar-refractivity contribution in [1.82, 2.24) is 20.2 Å². The molecule has 0 unspecified atom stereocenters. The van der Waals surface area contributed by atoms with Crippen LogP contribution in [0.4, 0.5) is 0 Å². The maximum atomic E-state index is 9.84. The third-order valence-corrected chi connectivity index (χ3v) is 5.96. The Hall–Kier alpha value is -1.31. The summed E-state index contributed by atoms with van der Waals surface area (Å²) in [6, 6.07) is 4.40. The second kappa shape index (κ2) is 6.67. The summed E-state index contributed by atoms with van der Waals surface area (Å²) >= 11 is 1.76. The zero-order valence-electron chi connectivity index (χ0n) is 14.1. The van der Waals surface area contributed by atoms with Gasteiger partial charge in [-0.15, -0.1) is 16.4 Å². The Morgan fingerprint density at radius 1 is 1.43 bits per heavy atom. The van der Waals surface area contributed by atoms with Crippen LogP contribution in [0.15, 0.2) is 17.5 Å². The first-order chi connectivity index (χ1) is 11.0. The van der Waals surface area contributed by atoms with Crippen molar-refractivity contribution in [1.29, 1.82) is 0 Å². The van der Waals surface area contributed by atoms with E-state index in [1.165, 1.54) is 9.78 Å². The maximum Gasteiger partial charge on any atom is 0.215 e. The largest absolute Gasteiger partial charge is 0.393 e. The second-order valence-corrected chi connectivity index (χ2v) is 7.93. The molecule has 0 radical (unpaired) electrons. The summed E-state index contributed by atoms with van der Waals surface area (Å²) in [4.78, 5) is 2.74. The standard InChI is InChI=1S/C16H25N5OS/c1-4-16(2,3)21-15(17-18-19-21)14(13-6-5-11-23-13)20-9-7-12(22)8-10-20/h5-6,11-12,14,22H,4,7-10H2,1-3H3/p+1/t14-/m1/s1. The molecule has 1 aliphatic heterocycles. The van der Waals surface area contributed by atoms with Crippen molar-refractivity contribution >= 4 is 11.3 Å². The van der Waals surface area contributed by atoms with E-state index >= 15 is 0 Å². The summed E-state index contributed by atoms with van der Waals surface area (Å²) in [6.45, 7) is 8.41. The summed E-state index contributed by atoms with van der Waals surface area (Å²) in [7, 11) is 0. The van der Waals surface area contributed by atoms with Crippen LogP contribution < -0.4 is 4.90 Å². The molecule has 1 saturated heterocycles. The van der Waals surface area contributed by atoms with Crippen molar-refractivity contribution in [3.05, 3.63) is 28.2 Å². The Labute approximate surface area is 141 Å². The molecule has 2 aromatic heterocycles. The number of piperidine rings is 1. The molecule has 126 valence electrons. The van der Waals surface area contributed by atoms with Crippen LogP contribution in [-0.2, 0) is 5.54 Å². The summed E-state index contributed by atoms with van der Waals surface area (Å²) < 4.78 is 2.00. The monoisotopic (exact) mass is 336 g/mol. The molecule has 23 heavy (non-hydrogen) atoms. The number of quaternary nitrogens is 1. The van der Waals surface area contributed by atoms with Gasteiger partial charge in [0.05, 0.1) is 29.6 Å². The molecule has 1 fully saturated rings. The summed E-state index contributed by atoms with van der Waals surface area (Å²) in [5.74, 6) is 0.936. The van der Waals surface area contributed by atoms with Crippen molar-refractivity contribution in [3.8, 4) is 0 Å². The first-order valence-corrected chi connectivity index (χ1v) is 9.25. The SMILES string of the molecule is CCC(C)(C)n1nnnc1[C@@H](c1cccs1)[NH+]1CCC(O)CC1. The average molecular weight is 336 g/mol. The first kappa shape index (κ1) is 16.5. The van der Waals surface area contributed by atoms with Crippen LogP contribution in [-0.4, -0.2) is 44.5 Å². The van der Waals surface area contributed by atoms with Gasteiger partial charge in [0.25, 0.3) is 0 Å². The highest BCUT2D eigenvalue weighted by Gasteiger charge is 2.37. The number of hydrogen-bond donors (Lipinski definition) is 2. The fourth-order valence-electron chi connectivity index (χ4n) is 3.18. The van der Waals surface area contributed by atoms with E-state index < -0.39 is 0 Å². The number of aliphatic hydroxyl groups excluding tert-OH is 1. The van der Waals surface area contributed by atoms with E-state index in [9.17, 15) is 5.11 Å². The molecular formula is C16H26N5OS+. The number of hydrogen-bond acceptors (Lipinski definition) is 5. The molecule has 3 heterocycles. The normalized spacial score (nSPS) is 23.8. The summed E-state index contributed by atoms with van der Waals surface area (Å²) in [6.07, 6.45) is 2.49. The second-order valence-electron chi connectivity index (χ2n) is 6.95.